The molecule has 0 saturated carbocycles. The smallest absolute Gasteiger partial charge is 0.233 e. The van der Waals surface area contributed by atoms with Gasteiger partial charge < -0.3 is 0 Å². The number of hydrogen-bond acceptors (Lipinski definition) is 4. The van der Waals surface area contributed by atoms with Gasteiger partial charge in [-0.25, -0.2) is 4.98 Å². The molecule has 0 atom stereocenters. The van der Waals surface area contributed by atoms with Gasteiger partial charge in [0.2, 0.25) is 5.91 Å². The number of carbonyl (C=O) groups is 1. The molecule has 2 aromatic heterocycles. The van der Waals surface area contributed by atoms with E-state index in [9.17, 15) is 4.79 Å². The number of aryl methyl sites for hydroxylation is 1. The van der Waals surface area contributed by atoms with Gasteiger partial charge in [0.05, 0.1) is 28.9 Å². The SMILES string of the molecule is CCc1ccc2nc(N(Cc3ccccn3)C(=O)Cc3ccc(C(C)C)cc3)sc2c1. The van der Waals surface area contributed by atoms with Gasteiger partial charge >= 0.3 is 0 Å². The van der Waals surface area contributed by atoms with Crippen LogP contribution in [0.5, 0.6) is 0 Å². The maximum absolute atomic E-state index is 13.4. The quantitative estimate of drug-likeness (QED) is 0.354. The van der Waals surface area contributed by atoms with Crippen LogP contribution >= 0.6 is 11.3 Å². The number of carbonyl (C=O) groups excluding carboxylic acids is 1. The summed E-state index contributed by atoms with van der Waals surface area (Å²) in [5, 5.41) is 0.720. The summed E-state index contributed by atoms with van der Waals surface area (Å²) >= 11 is 1.57. The second-order valence-electron chi connectivity index (χ2n) is 8.03. The Kier molecular flexibility index (Phi) is 6.42. The van der Waals surface area contributed by atoms with E-state index in [4.69, 9.17) is 4.98 Å². The fourth-order valence-corrected chi connectivity index (χ4v) is 4.54. The molecule has 2 heterocycles. The minimum Gasteiger partial charge on any atom is -0.282 e. The highest BCUT2D eigenvalue weighted by Gasteiger charge is 2.21. The lowest BCUT2D eigenvalue weighted by atomic mass is 10.0. The van der Waals surface area contributed by atoms with E-state index >= 15 is 0 Å². The van der Waals surface area contributed by atoms with Crippen molar-refractivity contribution in [2.75, 3.05) is 4.90 Å². The third-order valence-corrected chi connectivity index (χ3v) is 6.47. The van der Waals surface area contributed by atoms with Crippen molar-refractivity contribution in [3.05, 3.63) is 89.2 Å². The summed E-state index contributed by atoms with van der Waals surface area (Å²) in [4.78, 5) is 24.4. The summed E-state index contributed by atoms with van der Waals surface area (Å²) in [5.74, 6) is 0.499. The normalized spacial score (nSPS) is 11.2. The van der Waals surface area contributed by atoms with Crippen molar-refractivity contribution in [3.63, 3.8) is 0 Å². The van der Waals surface area contributed by atoms with Gasteiger partial charge in [0.25, 0.3) is 0 Å². The molecule has 0 bridgehead atoms. The summed E-state index contributed by atoms with van der Waals surface area (Å²) in [5.41, 5.74) is 5.33. The van der Waals surface area contributed by atoms with Crippen molar-refractivity contribution in [3.8, 4) is 0 Å². The third-order valence-electron chi connectivity index (χ3n) is 5.43. The van der Waals surface area contributed by atoms with Crippen molar-refractivity contribution >= 4 is 32.6 Å². The number of amides is 1. The number of fused-ring (bicyclic) bond motifs is 1. The average Bonchev–Trinajstić information content (AvgIpc) is 3.21. The Labute approximate surface area is 187 Å². The molecule has 158 valence electrons. The lowest BCUT2D eigenvalue weighted by Crippen LogP contribution is -2.32. The van der Waals surface area contributed by atoms with Crippen LogP contribution in [0.3, 0.4) is 0 Å². The fourth-order valence-electron chi connectivity index (χ4n) is 3.50. The van der Waals surface area contributed by atoms with Gasteiger partial charge in [-0.15, -0.1) is 0 Å². The van der Waals surface area contributed by atoms with Crippen LogP contribution in [0.1, 0.15) is 49.1 Å². The zero-order chi connectivity index (χ0) is 21.8. The molecule has 4 nitrogen and oxygen atoms in total. The Morgan fingerprint density at radius 1 is 1.03 bits per heavy atom. The number of hydrogen-bond donors (Lipinski definition) is 0. The van der Waals surface area contributed by atoms with Crippen LogP contribution in [0.4, 0.5) is 5.13 Å². The van der Waals surface area contributed by atoms with Gasteiger partial charge in [0.15, 0.2) is 5.13 Å². The standard InChI is InChI=1S/C26H27N3OS/c1-4-19-10-13-23-24(15-19)31-26(28-23)29(17-22-7-5-6-14-27-22)25(30)16-20-8-11-21(12-9-20)18(2)3/h5-15,18H,4,16-17H2,1-3H3. The van der Waals surface area contributed by atoms with Crippen molar-refractivity contribution < 1.29 is 4.79 Å². The monoisotopic (exact) mass is 429 g/mol. The van der Waals surface area contributed by atoms with E-state index in [-0.39, 0.29) is 5.91 Å². The van der Waals surface area contributed by atoms with Gasteiger partial charge in [0.1, 0.15) is 0 Å². The minimum absolute atomic E-state index is 0.0257. The molecule has 0 aliphatic heterocycles. The maximum atomic E-state index is 13.4. The van der Waals surface area contributed by atoms with Gasteiger partial charge in [-0.05, 0) is 53.3 Å². The molecule has 0 N–H and O–H groups in total. The zero-order valence-electron chi connectivity index (χ0n) is 18.2. The van der Waals surface area contributed by atoms with Crippen LogP contribution in [0, 0.1) is 0 Å². The van der Waals surface area contributed by atoms with Gasteiger partial charge in [-0.3, -0.25) is 14.7 Å². The van der Waals surface area contributed by atoms with Crippen LogP contribution in [0.25, 0.3) is 10.2 Å². The molecule has 1 amide bonds. The van der Waals surface area contributed by atoms with E-state index in [1.165, 1.54) is 11.1 Å². The van der Waals surface area contributed by atoms with E-state index in [1.807, 2.05) is 24.3 Å². The van der Waals surface area contributed by atoms with Crippen molar-refractivity contribution in [2.45, 2.75) is 46.1 Å². The number of benzene rings is 2. The first-order valence-corrected chi connectivity index (χ1v) is 11.5. The highest BCUT2D eigenvalue weighted by atomic mass is 32.1. The predicted octanol–water partition coefficient (Wildman–Crippen LogP) is 6.15. The third kappa shape index (κ3) is 5.00. The average molecular weight is 430 g/mol. The van der Waals surface area contributed by atoms with E-state index < -0.39 is 0 Å². The van der Waals surface area contributed by atoms with Crippen molar-refractivity contribution in [2.24, 2.45) is 0 Å². The predicted molar refractivity (Wildman–Crippen MR) is 129 cm³/mol. The van der Waals surface area contributed by atoms with Crippen molar-refractivity contribution in [1.29, 1.82) is 0 Å². The lowest BCUT2D eigenvalue weighted by Gasteiger charge is -2.20. The van der Waals surface area contributed by atoms with Gasteiger partial charge in [0, 0.05) is 6.20 Å². The largest absolute Gasteiger partial charge is 0.282 e. The molecular weight excluding hydrogens is 402 g/mol. The first-order valence-electron chi connectivity index (χ1n) is 10.7. The number of pyridine rings is 1. The Balaban J connectivity index is 1.64. The zero-order valence-corrected chi connectivity index (χ0v) is 19.0. The highest BCUT2D eigenvalue weighted by molar-refractivity contribution is 7.22. The number of thiazole rings is 1. The summed E-state index contributed by atoms with van der Waals surface area (Å²) in [7, 11) is 0. The first kappa shape index (κ1) is 21.2. The molecule has 31 heavy (non-hydrogen) atoms. The summed E-state index contributed by atoms with van der Waals surface area (Å²) in [6, 6.07) is 20.4. The van der Waals surface area contributed by atoms with Crippen LogP contribution in [-0.4, -0.2) is 15.9 Å². The second-order valence-corrected chi connectivity index (χ2v) is 9.04. The molecular formula is C26H27N3OS. The summed E-state index contributed by atoms with van der Waals surface area (Å²) in [6.45, 7) is 6.90. The van der Waals surface area contributed by atoms with Gasteiger partial charge in [-0.1, -0.05) is 68.5 Å². The molecule has 5 heteroatoms. The van der Waals surface area contributed by atoms with E-state index in [1.54, 1.807) is 22.4 Å². The number of aromatic nitrogens is 2. The van der Waals surface area contributed by atoms with Gasteiger partial charge in [-0.2, -0.15) is 0 Å². The summed E-state index contributed by atoms with van der Waals surface area (Å²) < 4.78 is 1.11. The first-order chi connectivity index (χ1) is 15.0. The Morgan fingerprint density at radius 2 is 1.81 bits per heavy atom. The molecule has 0 unspecified atom stereocenters. The van der Waals surface area contributed by atoms with Crippen LogP contribution < -0.4 is 4.90 Å². The molecule has 4 aromatic rings. The van der Waals surface area contributed by atoms with E-state index in [0.29, 0.717) is 18.9 Å². The fraction of sp³-hybridized carbons (Fsp3) is 0.269. The molecule has 0 radical (unpaired) electrons. The number of rotatable bonds is 7. The molecule has 0 saturated heterocycles. The molecule has 4 rings (SSSR count). The maximum Gasteiger partial charge on any atom is 0.233 e. The number of nitrogens with zero attached hydrogens (tertiary/aromatic N) is 3. The van der Waals surface area contributed by atoms with Crippen LogP contribution in [0.2, 0.25) is 0 Å². The Bertz CT molecular complexity index is 1170. The van der Waals surface area contributed by atoms with Crippen molar-refractivity contribution in [1.82, 2.24) is 9.97 Å². The topological polar surface area (TPSA) is 46.1 Å². The number of anilines is 1. The highest BCUT2D eigenvalue weighted by Crippen LogP contribution is 2.31. The molecule has 0 fully saturated rings. The lowest BCUT2D eigenvalue weighted by molar-refractivity contribution is -0.118. The summed E-state index contributed by atoms with van der Waals surface area (Å²) in [6.07, 6.45) is 3.07. The molecule has 0 aliphatic carbocycles. The molecule has 2 aromatic carbocycles. The van der Waals surface area contributed by atoms with E-state index in [2.05, 4.69) is 62.2 Å². The van der Waals surface area contributed by atoms with E-state index in [0.717, 1.165) is 33.0 Å². The second kappa shape index (κ2) is 9.40. The molecule has 0 aliphatic rings. The van der Waals surface area contributed by atoms with Crippen LogP contribution in [0.15, 0.2) is 66.9 Å². The molecule has 0 spiro atoms. The Hall–Kier alpha value is -3.05. The Morgan fingerprint density at radius 3 is 2.48 bits per heavy atom. The van der Waals surface area contributed by atoms with Crippen LogP contribution in [-0.2, 0) is 24.2 Å². The minimum atomic E-state index is 0.0257.